The Morgan fingerprint density at radius 3 is 2.14 bits per heavy atom. The summed E-state index contributed by atoms with van der Waals surface area (Å²) in [5.74, 6) is -0.737. The number of nitrogens with one attached hydrogen (secondary N) is 2. The Morgan fingerprint density at radius 2 is 1.45 bits per heavy atom. The van der Waals surface area contributed by atoms with Crippen LogP contribution in [0.4, 0.5) is 0 Å². The van der Waals surface area contributed by atoms with Gasteiger partial charge in [-0.25, -0.2) is 5.48 Å². The number of thiophene rings is 1. The fourth-order valence-electron chi connectivity index (χ4n) is 3.19. The Labute approximate surface area is 171 Å². The minimum Gasteiger partial charge on any atom is -0.340 e. The number of hydroxylamine groups is 1. The average Bonchev–Trinajstić information content (AvgIpc) is 3.22. The minimum atomic E-state index is -0.581. The molecule has 29 heavy (non-hydrogen) atoms. The van der Waals surface area contributed by atoms with Crippen LogP contribution in [0.3, 0.4) is 0 Å². The molecule has 6 heteroatoms. The highest BCUT2D eigenvalue weighted by molar-refractivity contribution is 7.20. The van der Waals surface area contributed by atoms with Crippen molar-refractivity contribution in [1.29, 1.82) is 0 Å². The van der Waals surface area contributed by atoms with Crippen LogP contribution in [-0.4, -0.2) is 17.0 Å². The lowest BCUT2D eigenvalue weighted by Gasteiger charge is -2.20. The largest absolute Gasteiger partial charge is 0.340 e. The summed E-state index contributed by atoms with van der Waals surface area (Å²) >= 11 is 1.45. The molecule has 144 valence electrons. The first-order chi connectivity index (χ1) is 14.2. The van der Waals surface area contributed by atoms with Gasteiger partial charge >= 0.3 is 0 Å². The van der Waals surface area contributed by atoms with Gasteiger partial charge in [-0.15, -0.1) is 11.3 Å². The van der Waals surface area contributed by atoms with E-state index in [1.165, 1.54) is 11.3 Å². The maximum atomic E-state index is 13.0. The highest BCUT2D eigenvalue weighted by Gasteiger charge is 2.19. The third kappa shape index (κ3) is 4.03. The lowest BCUT2D eigenvalue weighted by atomic mass is 9.97. The number of carbonyl (C=O) groups is 2. The molecule has 3 aromatic carbocycles. The van der Waals surface area contributed by atoms with E-state index in [9.17, 15) is 9.59 Å². The molecular weight excluding hydrogens is 384 g/mol. The monoisotopic (exact) mass is 402 g/mol. The van der Waals surface area contributed by atoms with Crippen LogP contribution in [0, 0.1) is 0 Å². The number of carbonyl (C=O) groups excluding carboxylic acids is 2. The predicted molar refractivity (Wildman–Crippen MR) is 113 cm³/mol. The van der Waals surface area contributed by atoms with Crippen LogP contribution in [-0.2, 0) is 0 Å². The highest BCUT2D eigenvalue weighted by Crippen LogP contribution is 2.27. The van der Waals surface area contributed by atoms with Gasteiger partial charge in [0.15, 0.2) is 0 Å². The third-order valence-electron chi connectivity index (χ3n) is 4.67. The highest BCUT2D eigenvalue weighted by atomic mass is 32.1. The Hall–Kier alpha value is -3.48. The molecule has 1 atom stereocenters. The van der Waals surface area contributed by atoms with Crippen LogP contribution in [0.5, 0.6) is 0 Å². The van der Waals surface area contributed by atoms with Crippen molar-refractivity contribution < 1.29 is 14.8 Å². The molecule has 0 fully saturated rings. The molecule has 5 nitrogen and oxygen atoms in total. The number of rotatable bonds is 5. The zero-order chi connectivity index (χ0) is 20.2. The third-order valence-corrected chi connectivity index (χ3v) is 5.78. The molecule has 0 unspecified atom stereocenters. The van der Waals surface area contributed by atoms with Gasteiger partial charge < -0.3 is 5.32 Å². The lowest BCUT2D eigenvalue weighted by Crippen LogP contribution is -2.28. The molecule has 4 aromatic rings. The molecule has 0 radical (unpaired) electrons. The van der Waals surface area contributed by atoms with Crippen LogP contribution >= 0.6 is 11.3 Å². The molecule has 0 bridgehead atoms. The van der Waals surface area contributed by atoms with Gasteiger partial charge in [-0.3, -0.25) is 14.8 Å². The van der Waals surface area contributed by atoms with Crippen molar-refractivity contribution in [1.82, 2.24) is 10.8 Å². The van der Waals surface area contributed by atoms with Gasteiger partial charge in [0.05, 0.1) is 10.9 Å². The zero-order valence-electron chi connectivity index (χ0n) is 15.3. The van der Waals surface area contributed by atoms with Gasteiger partial charge in [0.1, 0.15) is 0 Å². The molecule has 0 saturated heterocycles. The summed E-state index contributed by atoms with van der Waals surface area (Å²) in [6, 6.07) is 25.8. The number of amides is 2. The number of benzene rings is 3. The summed E-state index contributed by atoms with van der Waals surface area (Å²) in [7, 11) is 0. The van der Waals surface area contributed by atoms with Crippen molar-refractivity contribution in [3.05, 3.63) is 106 Å². The zero-order valence-corrected chi connectivity index (χ0v) is 16.1. The normalized spacial score (nSPS) is 11.8. The van der Waals surface area contributed by atoms with E-state index >= 15 is 0 Å². The minimum absolute atomic E-state index is 0.155. The van der Waals surface area contributed by atoms with Crippen LogP contribution in [0.15, 0.2) is 84.9 Å². The van der Waals surface area contributed by atoms with E-state index in [4.69, 9.17) is 5.21 Å². The van der Waals surface area contributed by atoms with Crippen molar-refractivity contribution in [2.24, 2.45) is 0 Å². The van der Waals surface area contributed by atoms with E-state index < -0.39 is 5.91 Å². The number of hydrogen-bond donors (Lipinski definition) is 3. The van der Waals surface area contributed by atoms with Crippen LogP contribution in [0.25, 0.3) is 10.1 Å². The van der Waals surface area contributed by atoms with Crippen molar-refractivity contribution in [2.75, 3.05) is 0 Å². The van der Waals surface area contributed by atoms with Crippen LogP contribution in [0.1, 0.15) is 37.2 Å². The standard InChI is InChI=1S/C23H18N2O3S/c26-22(25-28)17-12-10-16(11-13-17)21(15-6-2-1-3-7-15)24-23(27)20-14-18-8-4-5-9-19(18)29-20/h1-14,21,28H,(H,24,27)(H,25,26)/t21-/m0/s1. The van der Waals surface area contributed by atoms with Gasteiger partial charge in [0, 0.05) is 10.3 Å². The SMILES string of the molecule is O=C(NO)c1ccc([C@@H](NC(=O)c2cc3ccccc3s2)c2ccccc2)cc1. The predicted octanol–water partition coefficient (Wildman–Crippen LogP) is 4.54. The van der Waals surface area contributed by atoms with E-state index in [1.54, 1.807) is 29.7 Å². The van der Waals surface area contributed by atoms with Gasteiger partial charge in [-0.2, -0.15) is 0 Å². The summed E-state index contributed by atoms with van der Waals surface area (Å²) in [5.41, 5.74) is 3.72. The van der Waals surface area contributed by atoms with Crippen molar-refractivity contribution in [3.8, 4) is 0 Å². The molecule has 0 aliphatic carbocycles. The first-order valence-corrected chi connectivity index (χ1v) is 9.86. The van der Waals surface area contributed by atoms with E-state index in [-0.39, 0.29) is 11.9 Å². The maximum absolute atomic E-state index is 13.0. The second kappa shape index (κ2) is 8.26. The van der Waals surface area contributed by atoms with E-state index in [2.05, 4.69) is 5.32 Å². The Bertz CT molecular complexity index is 1120. The first kappa shape index (κ1) is 18.9. The second-order valence-corrected chi connectivity index (χ2v) is 7.61. The maximum Gasteiger partial charge on any atom is 0.274 e. The molecule has 4 rings (SSSR count). The quantitative estimate of drug-likeness (QED) is 0.339. The van der Waals surface area contributed by atoms with Crippen molar-refractivity contribution in [3.63, 3.8) is 0 Å². The van der Waals surface area contributed by atoms with Gasteiger partial charge in [-0.05, 0) is 40.8 Å². The molecule has 1 aromatic heterocycles. The summed E-state index contributed by atoms with van der Waals surface area (Å²) in [6.07, 6.45) is 0. The summed E-state index contributed by atoms with van der Waals surface area (Å²) in [4.78, 5) is 25.2. The molecule has 1 heterocycles. The van der Waals surface area contributed by atoms with Crippen LogP contribution < -0.4 is 10.8 Å². The molecule has 3 N–H and O–H groups in total. The second-order valence-electron chi connectivity index (χ2n) is 6.53. The smallest absolute Gasteiger partial charge is 0.274 e. The summed E-state index contributed by atoms with van der Waals surface area (Å²) in [6.45, 7) is 0. The Morgan fingerprint density at radius 1 is 0.793 bits per heavy atom. The van der Waals surface area contributed by atoms with Gasteiger partial charge in [0.2, 0.25) is 0 Å². The van der Waals surface area contributed by atoms with Crippen molar-refractivity contribution in [2.45, 2.75) is 6.04 Å². The molecule has 0 saturated carbocycles. The van der Waals surface area contributed by atoms with Crippen LogP contribution in [0.2, 0.25) is 0 Å². The number of hydrogen-bond acceptors (Lipinski definition) is 4. The van der Waals surface area contributed by atoms with E-state index in [0.717, 1.165) is 21.2 Å². The molecular formula is C23H18N2O3S. The lowest BCUT2D eigenvalue weighted by molar-refractivity contribution is 0.0706. The summed E-state index contributed by atoms with van der Waals surface area (Å²) < 4.78 is 1.06. The fraction of sp³-hybridized carbons (Fsp3) is 0.0435. The molecule has 2 amide bonds. The van der Waals surface area contributed by atoms with E-state index in [0.29, 0.717) is 10.4 Å². The average molecular weight is 402 g/mol. The van der Waals surface area contributed by atoms with Gasteiger partial charge in [0.25, 0.3) is 11.8 Å². The van der Waals surface area contributed by atoms with Crippen molar-refractivity contribution >= 4 is 33.2 Å². The summed E-state index contributed by atoms with van der Waals surface area (Å²) in [5, 5.41) is 12.9. The van der Waals surface area contributed by atoms with Gasteiger partial charge in [-0.1, -0.05) is 60.7 Å². The molecule has 0 aliphatic rings. The molecule has 0 aliphatic heterocycles. The number of fused-ring (bicyclic) bond motifs is 1. The first-order valence-electron chi connectivity index (χ1n) is 9.04. The fourth-order valence-corrected chi connectivity index (χ4v) is 4.16. The Balaban J connectivity index is 1.65. The molecule has 0 spiro atoms. The topological polar surface area (TPSA) is 78.4 Å². The Kier molecular flexibility index (Phi) is 5.37. The van der Waals surface area contributed by atoms with E-state index in [1.807, 2.05) is 60.7 Å².